The molecule has 1 saturated heterocycles. The number of nitrogens with zero attached hydrogens (tertiary/aromatic N) is 6. The molecule has 0 aromatic carbocycles. The molecule has 27 heteroatoms. The molecule has 79 heavy (non-hydrogen) atoms. The lowest BCUT2D eigenvalue weighted by molar-refractivity contribution is -0.154. The van der Waals surface area contributed by atoms with Gasteiger partial charge in [0.25, 0.3) is 0 Å². The van der Waals surface area contributed by atoms with Crippen molar-refractivity contribution < 1.29 is 77.2 Å². The number of amides is 11. The van der Waals surface area contributed by atoms with Gasteiger partial charge in [0.1, 0.15) is 66.5 Å². The van der Waals surface area contributed by atoms with Crippen LogP contribution >= 0.6 is 0 Å². The molecule has 0 saturated carbocycles. The number of likely N-dealkylation sites (N-methyl/N-ethyl adjacent to an activating group) is 6. The van der Waals surface area contributed by atoms with E-state index < -0.39 is 168 Å². The number of ether oxygens (including phenoxy) is 2. The predicted octanol–water partition coefficient (Wildman–Crippen LogP) is -2.90. The molecule has 1 fully saturated rings. The molecule has 7 N–H and O–H groups in total. The van der Waals surface area contributed by atoms with Crippen molar-refractivity contribution in [3.63, 3.8) is 0 Å². The number of methoxy groups -OCH3 is 1. The van der Waals surface area contributed by atoms with Crippen LogP contribution in [0, 0.1) is 11.8 Å². The van der Waals surface area contributed by atoms with Crippen molar-refractivity contribution in [2.75, 3.05) is 62.6 Å². The largest absolute Gasteiger partial charge is 0.466 e. The standard InChI is InChI=1S/C52H89N11O16/c1-20-21-22-27(3)41(66)40-46(71)57-39(35(11)64)52(77)62(17)38(25-78-19)51(76)59(14)33(9)44(69)55-29(5)47(72)58(13)32(8)43(68)53-28(4)42(67)54-31(7)49(74)61(16)37(23-26(2)24-79-36(12)65)45(70)56-30(6)48(73)60(15)34(10)50(75)63(40)18/h20-21,26-35,37-41,64,66H,22-25H2,1-19H3,(H,53,68)(H,54,67)(H,55,69)(H,56,70)(H,57,71)/b21-20+/t26-,27+,28-,29-,30-,31+,32-,33-,34-,35+,37-,38-,39-,40-,41+/m0/s1. The minimum atomic E-state index is -1.82. The van der Waals surface area contributed by atoms with Gasteiger partial charge in [-0.15, -0.1) is 0 Å². The fourth-order valence-electron chi connectivity index (χ4n) is 8.41. The van der Waals surface area contributed by atoms with Crippen molar-refractivity contribution in [1.29, 1.82) is 0 Å². The van der Waals surface area contributed by atoms with Gasteiger partial charge in [-0.3, -0.25) is 57.5 Å². The Hall–Kier alpha value is -6.74. The van der Waals surface area contributed by atoms with Crippen LogP contribution in [-0.4, -0.2) is 252 Å². The normalized spacial score (nSPS) is 29.1. The Bertz CT molecular complexity index is 2230. The maximum Gasteiger partial charge on any atom is 0.302 e. The first kappa shape index (κ1) is 70.3. The molecule has 0 spiro atoms. The molecule has 0 aliphatic carbocycles. The monoisotopic (exact) mass is 1120 g/mol. The van der Waals surface area contributed by atoms with E-state index in [2.05, 4.69) is 26.6 Å². The molecule has 11 amide bonds. The third-order valence-corrected chi connectivity index (χ3v) is 14.3. The van der Waals surface area contributed by atoms with Crippen LogP contribution in [0.15, 0.2) is 12.2 Å². The molecule has 15 atom stereocenters. The van der Waals surface area contributed by atoms with Crippen LogP contribution in [0.2, 0.25) is 0 Å². The minimum Gasteiger partial charge on any atom is -0.466 e. The highest BCUT2D eigenvalue weighted by molar-refractivity contribution is 5.99. The summed E-state index contributed by atoms with van der Waals surface area (Å²) in [6.45, 7) is 16.2. The quantitative estimate of drug-likeness (QED) is 0.0807. The van der Waals surface area contributed by atoms with E-state index in [1.165, 1.54) is 112 Å². The Kier molecular flexibility index (Phi) is 28.2. The van der Waals surface area contributed by atoms with Gasteiger partial charge in [-0.25, -0.2) is 0 Å². The van der Waals surface area contributed by atoms with Crippen molar-refractivity contribution in [2.45, 2.75) is 175 Å². The maximum absolute atomic E-state index is 14.5. The minimum absolute atomic E-state index is 0.116. The maximum atomic E-state index is 14.5. The van der Waals surface area contributed by atoms with Gasteiger partial charge in [0.15, 0.2) is 0 Å². The van der Waals surface area contributed by atoms with Gasteiger partial charge in [0.05, 0.1) is 25.4 Å². The summed E-state index contributed by atoms with van der Waals surface area (Å²) < 4.78 is 10.4. The van der Waals surface area contributed by atoms with Gasteiger partial charge in [-0.05, 0) is 87.0 Å². The van der Waals surface area contributed by atoms with Gasteiger partial charge in [-0.1, -0.05) is 26.0 Å². The molecule has 27 nitrogen and oxygen atoms in total. The van der Waals surface area contributed by atoms with E-state index in [0.29, 0.717) is 0 Å². The third-order valence-electron chi connectivity index (χ3n) is 14.3. The van der Waals surface area contributed by atoms with Crippen molar-refractivity contribution in [2.24, 2.45) is 11.8 Å². The number of allylic oxidation sites excluding steroid dienone is 2. The number of esters is 1. The molecule has 0 aromatic heterocycles. The van der Waals surface area contributed by atoms with Gasteiger partial charge in [-0.2, -0.15) is 0 Å². The van der Waals surface area contributed by atoms with E-state index in [1.54, 1.807) is 32.9 Å². The topological polar surface area (TPSA) is 343 Å². The summed E-state index contributed by atoms with van der Waals surface area (Å²) in [6, 6.07) is -15.6. The summed E-state index contributed by atoms with van der Waals surface area (Å²) in [5.74, 6) is -11.3. The van der Waals surface area contributed by atoms with Gasteiger partial charge >= 0.3 is 5.97 Å². The second-order valence-corrected chi connectivity index (χ2v) is 20.7. The summed E-state index contributed by atoms with van der Waals surface area (Å²) >= 11 is 0. The van der Waals surface area contributed by atoms with Crippen molar-refractivity contribution in [3.8, 4) is 0 Å². The summed E-state index contributed by atoms with van der Waals surface area (Å²) in [4.78, 5) is 171. The Morgan fingerprint density at radius 2 is 0.975 bits per heavy atom. The molecule has 1 aliphatic heterocycles. The molecule has 0 bridgehead atoms. The zero-order valence-electron chi connectivity index (χ0n) is 49.4. The van der Waals surface area contributed by atoms with Crippen LogP contribution in [0.25, 0.3) is 0 Å². The number of hydrogen-bond donors (Lipinski definition) is 7. The predicted molar refractivity (Wildman–Crippen MR) is 287 cm³/mol. The van der Waals surface area contributed by atoms with Crippen LogP contribution in [0.4, 0.5) is 0 Å². The van der Waals surface area contributed by atoms with Crippen molar-refractivity contribution in [1.82, 2.24) is 56.0 Å². The van der Waals surface area contributed by atoms with Crippen molar-refractivity contribution in [3.05, 3.63) is 12.2 Å². The van der Waals surface area contributed by atoms with E-state index in [1.807, 2.05) is 0 Å². The number of aliphatic hydroxyl groups excluding tert-OH is 2. The first-order chi connectivity index (χ1) is 36.5. The van der Waals surface area contributed by atoms with E-state index >= 15 is 0 Å². The molecule has 0 unspecified atom stereocenters. The van der Waals surface area contributed by atoms with E-state index in [-0.39, 0.29) is 19.4 Å². The summed E-state index contributed by atoms with van der Waals surface area (Å²) in [7, 11) is 8.73. The molecule has 1 heterocycles. The zero-order valence-corrected chi connectivity index (χ0v) is 49.4. The highest BCUT2D eigenvalue weighted by Crippen LogP contribution is 2.21. The molecule has 0 radical (unpaired) electrons. The van der Waals surface area contributed by atoms with Gasteiger partial charge < -0.3 is 75.7 Å². The Morgan fingerprint density at radius 3 is 1.44 bits per heavy atom. The van der Waals surface area contributed by atoms with Crippen LogP contribution in [0.1, 0.15) is 95.9 Å². The van der Waals surface area contributed by atoms with E-state index in [4.69, 9.17) is 9.47 Å². The van der Waals surface area contributed by atoms with E-state index in [9.17, 15) is 67.7 Å². The lowest BCUT2D eigenvalue weighted by Gasteiger charge is -2.38. The number of nitrogens with one attached hydrogen (secondary N) is 5. The van der Waals surface area contributed by atoms with Crippen molar-refractivity contribution >= 4 is 70.9 Å². The number of hydrogen-bond acceptors (Lipinski definition) is 16. The first-order valence-electron chi connectivity index (χ1n) is 26.2. The Morgan fingerprint density at radius 1 is 0.544 bits per heavy atom. The molecular formula is C52H89N11O16. The smallest absolute Gasteiger partial charge is 0.302 e. The van der Waals surface area contributed by atoms with Gasteiger partial charge in [0.2, 0.25) is 65.0 Å². The highest BCUT2D eigenvalue weighted by atomic mass is 16.5. The summed E-state index contributed by atoms with van der Waals surface area (Å²) in [5, 5.41) is 35.4. The molecule has 0 aromatic rings. The Labute approximate surface area is 464 Å². The first-order valence-corrected chi connectivity index (χ1v) is 26.2. The molecule has 448 valence electrons. The zero-order chi connectivity index (χ0) is 61.2. The average molecular weight is 1120 g/mol. The number of carbonyl (C=O) groups excluding carboxylic acids is 12. The van der Waals surface area contributed by atoms with Gasteiger partial charge in [0, 0.05) is 56.3 Å². The summed E-state index contributed by atoms with van der Waals surface area (Å²) in [5.41, 5.74) is 0. The fourth-order valence-corrected chi connectivity index (χ4v) is 8.41. The highest BCUT2D eigenvalue weighted by Gasteiger charge is 2.44. The summed E-state index contributed by atoms with van der Waals surface area (Å²) in [6.07, 6.45) is 0.258. The van der Waals surface area contributed by atoms with Crippen LogP contribution in [0.3, 0.4) is 0 Å². The van der Waals surface area contributed by atoms with Crippen LogP contribution in [0.5, 0.6) is 0 Å². The number of carbonyl (C=O) groups is 12. The number of aliphatic hydroxyl groups is 2. The average Bonchev–Trinajstić information content (AvgIpc) is 3.40. The molecular weight excluding hydrogens is 1030 g/mol. The van der Waals surface area contributed by atoms with Crippen LogP contribution < -0.4 is 26.6 Å². The van der Waals surface area contributed by atoms with Crippen LogP contribution in [-0.2, 0) is 67.0 Å². The SMILES string of the molecule is C/C=C/C[C@@H](C)[C@@H](O)[C@H]1C(=O)N[C@@H]([C@@H](C)O)C(=O)N(C)[C@@H](COC)C(=O)N(C)[C@@H](C)C(=O)N[C@@H](C)C(=O)N(C)[C@@H](C)C(=O)N[C@@H](C)C(=O)N[C@H](C)C(=O)N(C)[C@@H](C[C@H](C)COC(C)=O)C(=O)N[C@@H](C)C(=O)N(C)[C@@H](C)C(=O)N1C. The Balaban J connectivity index is 4.04. The second kappa shape index (κ2) is 31.7. The third kappa shape index (κ3) is 19.2. The second-order valence-electron chi connectivity index (χ2n) is 20.7. The van der Waals surface area contributed by atoms with E-state index in [0.717, 1.165) is 29.4 Å². The fraction of sp³-hybridized carbons (Fsp3) is 0.731. The number of rotatable bonds is 11. The molecule has 1 rings (SSSR count). The molecule has 1 aliphatic rings. The lowest BCUT2D eigenvalue weighted by Crippen LogP contribution is -2.64. The lowest BCUT2D eigenvalue weighted by atomic mass is 9.92.